The van der Waals surface area contributed by atoms with E-state index in [0.29, 0.717) is 28.8 Å². The second kappa shape index (κ2) is 13.4. The molecule has 178 valence electrons. The summed E-state index contributed by atoms with van der Waals surface area (Å²) in [5.74, 6) is 0.318. The van der Waals surface area contributed by atoms with Gasteiger partial charge < -0.3 is 10.2 Å². The van der Waals surface area contributed by atoms with Crippen LogP contribution in [0.4, 0.5) is 5.69 Å². The van der Waals surface area contributed by atoms with Crippen LogP contribution in [0.5, 0.6) is 0 Å². The van der Waals surface area contributed by atoms with E-state index < -0.39 is 11.0 Å². The van der Waals surface area contributed by atoms with Gasteiger partial charge in [-0.05, 0) is 36.1 Å². The van der Waals surface area contributed by atoms with Gasteiger partial charge in [-0.25, -0.2) is 0 Å². The maximum Gasteiger partial charge on any atom is 0.269 e. The Bertz CT molecular complexity index is 973. The summed E-state index contributed by atoms with van der Waals surface area (Å²) >= 11 is 13.5. The van der Waals surface area contributed by atoms with Gasteiger partial charge in [-0.2, -0.15) is 0 Å². The average molecular weight is 512 g/mol. The fourth-order valence-corrected chi connectivity index (χ4v) is 4.36. The zero-order valence-electron chi connectivity index (χ0n) is 18.6. The van der Waals surface area contributed by atoms with Crippen molar-refractivity contribution in [2.75, 3.05) is 12.3 Å². The third-order valence-electron chi connectivity index (χ3n) is 4.91. The highest BCUT2D eigenvalue weighted by molar-refractivity contribution is 7.99. The SMILES string of the molecule is CCCNC(=O)[C@H](CC)N(Cc1ccc(Cl)c(Cl)c1)C(=O)CSCc1ccc([N+](=O)[O-])cc1. The van der Waals surface area contributed by atoms with Crippen molar-refractivity contribution in [1.82, 2.24) is 10.2 Å². The highest BCUT2D eigenvalue weighted by atomic mass is 35.5. The van der Waals surface area contributed by atoms with Gasteiger partial charge in [0.25, 0.3) is 5.69 Å². The molecule has 7 nitrogen and oxygen atoms in total. The van der Waals surface area contributed by atoms with E-state index in [0.717, 1.165) is 17.5 Å². The standard InChI is InChI=1S/C23H27Cl2N3O4S/c1-3-11-26-23(30)21(4-2)27(13-17-7-10-19(24)20(25)12-17)22(29)15-33-14-16-5-8-18(9-6-16)28(31)32/h5-10,12,21H,3-4,11,13-15H2,1-2H3,(H,26,30)/t21-/m0/s1. The second-order valence-electron chi connectivity index (χ2n) is 7.40. The Kier molecular flexibility index (Phi) is 11.0. The van der Waals surface area contributed by atoms with Crippen LogP contribution in [0.25, 0.3) is 0 Å². The molecular formula is C23H27Cl2N3O4S. The van der Waals surface area contributed by atoms with Crippen molar-refractivity contribution in [1.29, 1.82) is 0 Å². The van der Waals surface area contributed by atoms with E-state index in [1.807, 2.05) is 13.8 Å². The molecule has 2 aromatic rings. The third-order valence-corrected chi connectivity index (χ3v) is 6.64. The lowest BCUT2D eigenvalue weighted by molar-refractivity contribution is -0.384. The van der Waals surface area contributed by atoms with Crippen molar-refractivity contribution < 1.29 is 14.5 Å². The number of nitro benzene ring substituents is 1. The summed E-state index contributed by atoms with van der Waals surface area (Å²) in [5.41, 5.74) is 1.68. The zero-order chi connectivity index (χ0) is 24.4. The van der Waals surface area contributed by atoms with Gasteiger partial charge in [-0.1, -0.05) is 55.2 Å². The maximum atomic E-state index is 13.2. The Labute approximate surface area is 208 Å². The first-order chi connectivity index (χ1) is 15.8. The lowest BCUT2D eigenvalue weighted by Crippen LogP contribution is -2.49. The maximum absolute atomic E-state index is 13.2. The molecule has 0 saturated carbocycles. The van der Waals surface area contributed by atoms with Crippen LogP contribution in [0.1, 0.15) is 37.8 Å². The number of amides is 2. The minimum atomic E-state index is -0.613. The Morgan fingerprint density at radius 1 is 1.09 bits per heavy atom. The van der Waals surface area contributed by atoms with E-state index in [-0.39, 0.29) is 29.8 Å². The van der Waals surface area contributed by atoms with Crippen molar-refractivity contribution in [2.45, 2.75) is 45.0 Å². The van der Waals surface area contributed by atoms with Crippen LogP contribution in [0, 0.1) is 10.1 Å². The van der Waals surface area contributed by atoms with Crippen molar-refractivity contribution in [3.8, 4) is 0 Å². The monoisotopic (exact) mass is 511 g/mol. The number of nitrogens with zero attached hydrogens (tertiary/aromatic N) is 2. The van der Waals surface area contributed by atoms with Gasteiger partial charge in [0.15, 0.2) is 0 Å². The first-order valence-electron chi connectivity index (χ1n) is 10.6. The number of hydrogen-bond acceptors (Lipinski definition) is 5. The van der Waals surface area contributed by atoms with Gasteiger partial charge in [0.1, 0.15) is 6.04 Å². The third kappa shape index (κ3) is 8.21. The highest BCUT2D eigenvalue weighted by Crippen LogP contribution is 2.25. The summed E-state index contributed by atoms with van der Waals surface area (Å²) in [7, 11) is 0. The molecule has 2 rings (SSSR count). The molecule has 0 radical (unpaired) electrons. The minimum Gasteiger partial charge on any atom is -0.354 e. The molecule has 0 spiro atoms. The minimum absolute atomic E-state index is 0.0245. The van der Waals surface area contributed by atoms with Gasteiger partial charge in [0.05, 0.1) is 20.7 Å². The molecule has 0 aliphatic carbocycles. The fraction of sp³-hybridized carbons (Fsp3) is 0.391. The molecule has 0 fully saturated rings. The number of hydrogen-bond donors (Lipinski definition) is 1. The van der Waals surface area contributed by atoms with Gasteiger partial charge in [0, 0.05) is 31.0 Å². The number of carbonyl (C=O) groups excluding carboxylic acids is 2. The van der Waals surface area contributed by atoms with Crippen LogP contribution in [0.15, 0.2) is 42.5 Å². The fourth-order valence-electron chi connectivity index (χ4n) is 3.17. The molecule has 2 amide bonds. The van der Waals surface area contributed by atoms with Crippen molar-refractivity contribution in [2.24, 2.45) is 0 Å². The van der Waals surface area contributed by atoms with E-state index in [1.54, 1.807) is 35.2 Å². The van der Waals surface area contributed by atoms with E-state index >= 15 is 0 Å². The summed E-state index contributed by atoms with van der Waals surface area (Å²) in [6.07, 6.45) is 1.27. The molecule has 0 aliphatic heterocycles. The number of rotatable bonds is 12. The van der Waals surface area contributed by atoms with Crippen LogP contribution >= 0.6 is 35.0 Å². The largest absolute Gasteiger partial charge is 0.354 e. The average Bonchev–Trinajstić information content (AvgIpc) is 2.80. The number of carbonyl (C=O) groups is 2. The topological polar surface area (TPSA) is 92.6 Å². The smallest absolute Gasteiger partial charge is 0.269 e. The van der Waals surface area contributed by atoms with Crippen LogP contribution in [0.2, 0.25) is 10.0 Å². The van der Waals surface area contributed by atoms with E-state index in [1.165, 1.54) is 23.9 Å². The van der Waals surface area contributed by atoms with Crippen LogP contribution in [-0.2, 0) is 21.9 Å². The predicted molar refractivity (Wildman–Crippen MR) is 134 cm³/mol. The Balaban J connectivity index is 2.12. The highest BCUT2D eigenvalue weighted by Gasteiger charge is 2.28. The molecule has 1 N–H and O–H groups in total. The molecule has 0 aliphatic rings. The Morgan fingerprint density at radius 2 is 1.76 bits per heavy atom. The number of thioether (sulfide) groups is 1. The summed E-state index contributed by atoms with van der Waals surface area (Å²) in [6, 6.07) is 10.8. The summed E-state index contributed by atoms with van der Waals surface area (Å²) in [4.78, 5) is 37.9. The Hall–Kier alpha value is -2.29. The van der Waals surface area contributed by atoms with Gasteiger partial charge >= 0.3 is 0 Å². The van der Waals surface area contributed by atoms with Crippen molar-refractivity contribution in [3.63, 3.8) is 0 Å². The molecule has 10 heteroatoms. The van der Waals surface area contributed by atoms with Crippen LogP contribution < -0.4 is 5.32 Å². The molecule has 2 aromatic carbocycles. The quantitative estimate of drug-likeness (QED) is 0.301. The number of nitro groups is 1. The molecule has 1 atom stereocenters. The first-order valence-corrected chi connectivity index (χ1v) is 12.5. The summed E-state index contributed by atoms with van der Waals surface area (Å²) < 4.78 is 0. The van der Waals surface area contributed by atoms with Crippen LogP contribution in [0.3, 0.4) is 0 Å². The van der Waals surface area contributed by atoms with Crippen molar-refractivity contribution >= 4 is 52.5 Å². The molecule has 33 heavy (non-hydrogen) atoms. The zero-order valence-corrected chi connectivity index (χ0v) is 20.9. The normalized spacial score (nSPS) is 11.6. The molecule has 0 heterocycles. The van der Waals surface area contributed by atoms with Crippen LogP contribution in [-0.4, -0.2) is 40.0 Å². The first kappa shape index (κ1) is 27.0. The van der Waals surface area contributed by atoms with Gasteiger partial charge in [-0.15, -0.1) is 11.8 Å². The molecule has 0 bridgehead atoms. The molecule has 0 aromatic heterocycles. The van der Waals surface area contributed by atoms with Gasteiger partial charge in [0.2, 0.25) is 11.8 Å². The van der Waals surface area contributed by atoms with E-state index in [2.05, 4.69) is 5.32 Å². The lowest BCUT2D eigenvalue weighted by atomic mass is 10.1. The Morgan fingerprint density at radius 3 is 2.33 bits per heavy atom. The van der Waals surface area contributed by atoms with E-state index in [4.69, 9.17) is 23.2 Å². The number of benzene rings is 2. The van der Waals surface area contributed by atoms with Gasteiger partial charge in [-0.3, -0.25) is 19.7 Å². The molecule has 0 saturated heterocycles. The number of nitrogens with one attached hydrogen (secondary N) is 1. The molecular weight excluding hydrogens is 485 g/mol. The number of halogens is 2. The number of non-ortho nitro benzene ring substituents is 1. The predicted octanol–water partition coefficient (Wildman–Crippen LogP) is 5.47. The molecule has 0 unspecified atom stereocenters. The van der Waals surface area contributed by atoms with E-state index in [9.17, 15) is 19.7 Å². The summed E-state index contributed by atoms with van der Waals surface area (Å²) in [5, 5.41) is 14.5. The second-order valence-corrected chi connectivity index (χ2v) is 9.20. The summed E-state index contributed by atoms with van der Waals surface area (Å²) in [6.45, 7) is 4.61. The lowest BCUT2D eigenvalue weighted by Gasteiger charge is -2.30. The van der Waals surface area contributed by atoms with Crippen molar-refractivity contribution in [3.05, 3.63) is 73.8 Å².